The molecule has 1 aliphatic heterocycles. The van der Waals surface area contributed by atoms with E-state index in [1.165, 1.54) is 24.3 Å². The molecule has 6 heteroatoms. The van der Waals surface area contributed by atoms with Crippen molar-refractivity contribution in [3.63, 3.8) is 0 Å². The molecular formula is C33H31F2NO3. The summed E-state index contributed by atoms with van der Waals surface area (Å²) in [4.78, 5) is 15.0. The molecule has 4 aromatic carbocycles. The smallest absolute Gasteiger partial charge is 0.233 e. The third kappa shape index (κ3) is 5.86. The number of carbonyl (C=O) groups is 1. The Morgan fingerprint density at radius 3 is 2.13 bits per heavy atom. The molecule has 4 aromatic rings. The minimum Gasteiger partial charge on any atom is -0.491 e. The number of halogens is 2. The second-order valence-electron chi connectivity index (χ2n) is 10.2. The maximum Gasteiger partial charge on any atom is 0.233 e. The predicted molar refractivity (Wildman–Crippen MR) is 148 cm³/mol. The fourth-order valence-electron chi connectivity index (χ4n) is 5.18. The van der Waals surface area contributed by atoms with Crippen molar-refractivity contribution in [2.45, 2.75) is 44.9 Å². The van der Waals surface area contributed by atoms with Gasteiger partial charge in [-0.1, -0.05) is 48.5 Å². The molecule has 1 N–H and O–H groups in total. The summed E-state index contributed by atoms with van der Waals surface area (Å²) < 4.78 is 32.7. The van der Waals surface area contributed by atoms with E-state index in [2.05, 4.69) is 0 Å². The molecule has 0 aliphatic carbocycles. The second kappa shape index (κ2) is 11.4. The zero-order valence-corrected chi connectivity index (χ0v) is 21.9. The molecule has 0 aromatic heterocycles. The fourth-order valence-corrected chi connectivity index (χ4v) is 5.18. The summed E-state index contributed by atoms with van der Waals surface area (Å²) in [7, 11) is 0. The van der Waals surface area contributed by atoms with E-state index < -0.39 is 6.10 Å². The van der Waals surface area contributed by atoms with Crippen LogP contribution < -0.4 is 9.64 Å². The van der Waals surface area contributed by atoms with Crippen LogP contribution >= 0.6 is 0 Å². The van der Waals surface area contributed by atoms with Crippen molar-refractivity contribution >= 4 is 11.6 Å². The molecule has 0 bridgehead atoms. The summed E-state index contributed by atoms with van der Waals surface area (Å²) in [6.07, 6.45) is 0.0865. The van der Waals surface area contributed by atoms with Gasteiger partial charge >= 0.3 is 0 Å². The van der Waals surface area contributed by atoms with Gasteiger partial charge < -0.3 is 14.7 Å². The minimum atomic E-state index is -0.804. The summed E-state index contributed by atoms with van der Waals surface area (Å²) in [5.41, 5.74) is 4.25. The Bertz CT molecular complexity index is 1420. The molecule has 0 radical (unpaired) electrons. The lowest BCUT2D eigenvalue weighted by atomic mass is 9.78. The van der Waals surface area contributed by atoms with Gasteiger partial charge in [0.15, 0.2) is 0 Å². The van der Waals surface area contributed by atoms with Crippen LogP contribution in [-0.2, 0) is 4.79 Å². The first-order valence-corrected chi connectivity index (χ1v) is 13.2. The molecule has 1 saturated heterocycles. The number of aliphatic hydroxyl groups is 1. The maximum atomic E-state index is 13.6. The zero-order valence-electron chi connectivity index (χ0n) is 21.9. The lowest BCUT2D eigenvalue weighted by Crippen LogP contribution is -2.55. The van der Waals surface area contributed by atoms with Crippen LogP contribution in [-0.4, -0.2) is 17.1 Å². The van der Waals surface area contributed by atoms with Crippen LogP contribution in [0.25, 0.3) is 11.1 Å². The number of benzene rings is 4. The molecule has 5 rings (SSSR count). The van der Waals surface area contributed by atoms with Gasteiger partial charge in [-0.25, -0.2) is 8.78 Å². The van der Waals surface area contributed by atoms with Crippen molar-refractivity contribution in [2.75, 3.05) is 4.90 Å². The molecule has 0 saturated carbocycles. The van der Waals surface area contributed by atoms with E-state index in [0.29, 0.717) is 24.1 Å². The first kappa shape index (κ1) is 26.6. The lowest BCUT2D eigenvalue weighted by molar-refractivity contribution is -0.131. The highest BCUT2D eigenvalue weighted by Crippen LogP contribution is 2.46. The van der Waals surface area contributed by atoms with Crippen LogP contribution in [0.4, 0.5) is 14.5 Å². The number of hydrogen-bond acceptors (Lipinski definition) is 3. The van der Waals surface area contributed by atoms with Crippen LogP contribution in [0.5, 0.6) is 5.75 Å². The van der Waals surface area contributed by atoms with Crippen molar-refractivity contribution in [3.05, 3.63) is 120 Å². The predicted octanol–water partition coefficient (Wildman–Crippen LogP) is 7.64. The van der Waals surface area contributed by atoms with Gasteiger partial charge in [-0.05, 0) is 97.5 Å². The van der Waals surface area contributed by atoms with Crippen LogP contribution in [0.3, 0.4) is 0 Å². The maximum absolute atomic E-state index is 13.6. The van der Waals surface area contributed by atoms with Crippen molar-refractivity contribution < 1.29 is 23.4 Å². The normalized spacial score (nSPS) is 17.7. The van der Waals surface area contributed by atoms with Gasteiger partial charge in [-0.15, -0.1) is 0 Å². The number of amides is 1. The molecule has 1 fully saturated rings. The Kier molecular flexibility index (Phi) is 7.75. The summed E-state index contributed by atoms with van der Waals surface area (Å²) >= 11 is 0. The number of anilines is 1. The summed E-state index contributed by atoms with van der Waals surface area (Å²) in [6.45, 7) is 3.98. The Hall–Kier alpha value is -4.03. The molecule has 1 heterocycles. The van der Waals surface area contributed by atoms with E-state index in [1.54, 1.807) is 29.2 Å². The van der Waals surface area contributed by atoms with E-state index in [4.69, 9.17) is 4.74 Å². The van der Waals surface area contributed by atoms with E-state index >= 15 is 0 Å². The molecule has 39 heavy (non-hydrogen) atoms. The number of ether oxygens (including phenoxy) is 1. The van der Waals surface area contributed by atoms with E-state index in [9.17, 15) is 18.7 Å². The first-order chi connectivity index (χ1) is 18.8. The van der Waals surface area contributed by atoms with Gasteiger partial charge in [0.05, 0.1) is 24.2 Å². The largest absolute Gasteiger partial charge is 0.491 e. The highest BCUT2D eigenvalue weighted by atomic mass is 19.1. The average Bonchev–Trinajstić information content (AvgIpc) is 2.93. The van der Waals surface area contributed by atoms with Crippen LogP contribution in [0.2, 0.25) is 0 Å². The average molecular weight is 528 g/mol. The summed E-state index contributed by atoms with van der Waals surface area (Å²) in [5, 5.41) is 10.7. The number of β-lactam (4-membered cyclic amide) rings is 1. The summed E-state index contributed by atoms with van der Waals surface area (Å²) in [5.74, 6) is -0.342. The summed E-state index contributed by atoms with van der Waals surface area (Å²) in [6, 6.07) is 27.4. The van der Waals surface area contributed by atoms with Gasteiger partial charge in [-0.3, -0.25) is 4.79 Å². The van der Waals surface area contributed by atoms with Crippen LogP contribution in [0.15, 0.2) is 97.1 Å². The molecule has 1 amide bonds. The fraction of sp³-hybridized carbons (Fsp3) is 0.242. The monoisotopic (exact) mass is 527 g/mol. The van der Waals surface area contributed by atoms with Gasteiger partial charge in [-0.2, -0.15) is 0 Å². The quantitative estimate of drug-likeness (QED) is 0.228. The van der Waals surface area contributed by atoms with Crippen LogP contribution in [0.1, 0.15) is 50.0 Å². The SMILES string of the molecule is CC(C)Oc1cccc(-c2ccc(C3C(CC[C@H](O)c4ccc(F)cc4)C(=O)N3c3ccc(F)cc3)cc2)c1. The number of rotatable bonds is 9. The molecule has 200 valence electrons. The number of nitrogens with zero attached hydrogens (tertiary/aromatic N) is 1. The third-order valence-corrected chi connectivity index (χ3v) is 7.12. The number of hydrogen-bond donors (Lipinski definition) is 1. The highest BCUT2D eigenvalue weighted by molar-refractivity contribution is 6.03. The second-order valence-corrected chi connectivity index (χ2v) is 10.2. The van der Waals surface area contributed by atoms with E-state index in [-0.39, 0.29) is 35.6 Å². The number of carbonyl (C=O) groups excluding carboxylic acids is 1. The van der Waals surface area contributed by atoms with Gasteiger partial charge in [0.25, 0.3) is 0 Å². The third-order valence-electron chi connectivity index (χ3n) is 7.12. The Balaban J connectivity index is 1.38. The van der Waals surface area contributed by atoms with Gasteiger partial charge in [0.2, 0.25) is 5.91 Å². The molecule has 3 atom stereocenters. The van der Waals surface area contributed by atoms with Crippen molar-refractivity contribution in [1.29, 1.82) is 0 Å². The molecule has 0 spiro atoms. The lowest BCUT2D eigenvalue weighted by Gasteiger charge is -2.48. The van der Waals surface area contributed by atoms with Crippen molar-refractivity contribution in [3.8, 4) is 16.9 Å². The molecule has 1 aliphatic rings. The Morgan fingerprint density at radius 1 is 0.846 bits per heavy atom. The van der Waals surface area contributed by atoms with Crippen LogP contribution in [0, 0.1) is 17.6 Å². The Morgan fingerprint density at radius 2 is 1.49 bits per heavy atom. The standard InChI is InChI=1S/C33H31F2NO3/c1-21(2)39-29-5-3-4-25(20-29)22-6-8-24(9-7-22)32-30(18-19-31(37)23-10-12-26(34)13-11-23)33(38)36(32)28-16-14-27(35)15-17-28/h3-17,20-21,30-32,37H,18-19H2,1-2H3/t30?,31-,32?/m0/s1. The number of aliphatic hydroxyl groups excluding tert-OH is 1. The van der Waals surface area contributed by atoms with Crippen molar-refractivity contribution in [2.24, 2.45) is 5.92 Å². The topological polar surface area (TPSA) is 49.8 Å². The van der Waals surface area contributed by atoms with E-state index in [0.717, 1.165) is 22.4 Å². The Labute approximate surface area is 227 Å². The molecular weight excluding hydrogens is 496 g/mol. The van der Waals surface area contributed by atoms with Gasteiger partial charge in [0.1, 0.15) is 17.4 Å². The molecule has 4 nitrogen and oxygen atoms in total. The zero-order chi connectivity index (χ0) is 27.5. The van der Waals surface area contributed by atoms with Crippen molar-refractivity contribution in [1.82, 2.24) is 0 Å². The van der Waals surface area contributed by atoms with Gasteiger partial charge in [0, 0.05) is 5.69 Å². The van der Waals surface area contributed by atoms with E-state index in [1.807, 2.05) is 62.4 Å². The first-order valence-electron chi connectivity index (χ1n) is 13.2. The minimum absolute atomic E-state index is 0.0690. The highest BCUT2D eigenvalue weighted by Gasteiger charge is 2.48. The molecule has 2 unspecified atom stereocenters.